The van der Waals surface area contributed by atoms with Crippen molar-refractivity contribution in [3.63, 3.8) is 0 Å². The highest BCUT2D eigenvalue weighted by Crippen LogP contribution is 2.26. The van der Waals surface area contributed by atoms with Gasteiger partial charge in [-0.3, -0.25) is 4.72 Å². The van der Waals surface area contributed by atoms with Crippen LogP contribution < -0.4 is 4.72 Å². The lowest BCUT2D eigenvalue weighted by molar-refractivity contribution is 0.595. The fourth-order valence-electron chi connectivity index (χ4n) is 1.68. The molecule has 0 amide bonds. The number of rotatable bonds is 3. The Morgan fingerprint density at radius 1 is 1.24 bits per heavy atom. The van der Waals surface area contributed by atoms with Crippen LogP contribution in [0.4, 0.5) is 10.1 Å². The first-order valence-corrected chi connectivity index (χ1v) is 7.68. The van der Waals surface area contributed by atoms with Gasteiger partial charge in [0.15, 0.2) is 0 Å². The Bertz CT molecular complexity index is 845. The molecule has 0 aliphatic heterocycles. The lowest BCUT2D eigenvalue weighted by atomic mass is 10.1. The van der Waals surface area contributed by atoms with E-state index in [1.807, 2.05) is 6.07 Å². The molecule has 7 heteroatoms. The van der Waals surface area contributed by atoms with E-state index >= 15 is 0 Å². The fourth-order valence-corrected chi connectivity index (χ4v) is 3.32. The third-order valence-corrected chi connectivity index (χ3v) is 4.64. The summed E-state index contributed by atoms with van der Waals surface area (Å²) < 4.78 is 40.1. The van der Waals surface area contributed by atoms with E-state index in [4.69, 9.17) is 16.9 Å². The Morgan fingerprint density at radius 2 is 1.95 bits per heavy atom. The minimum Gasteiger partial charge on any atom is -0.279 e. The third-order valence-electron chi connectivity index (χ3n) is 2.79. The topological polar surface area (TPSA) is 70.0 Å². The third kappa shape index (κ3) is 3.32. The molecule has 1 N–H and O–H groups in total. The lowest BCUT2D eigenvalue weighted by Gasteiger charge is -2.12. The Hall–Kier alpha value is -2.10. The normalized spacial score (nSPS) is 11.0. The average molecular weight is 325 g/mol. The molecule has 0 unspecified atom stereocenters. The number of nitrogens with zero attached hydrogens (tertiary/aromatic N) is 1. The summed E-state index contributed by atoms with van der Waals surface area (Å²) in [5.74, 6) is -0.706. The van der Waals surface area contributed by atoms with Crippen LogP contribution in [0.1, 0.15) is 11.1 Å². The SMILES string of the molecule is Cc1ccc(C#N)cc1NS(=O)(=O)c1cc(F)ccc1Cl. The van der Waals surface area contributed by atoms with Gasteiger partial charge in [-0.2, -0.15) is 5.26 Å². The van der Waals surface area contributed by atoms with Crippen LogP contribution in [0.2, 0.25) is 5.02 Å². The van der Waals surface area contributed by atoms with E-state index in [0.29, 0.717) is 11.1 Å². The zero-order valence-electron chi connectivity index (χ0n) is 10.9. The number of sulfonamides is 1. The molecule has 0 aliphatic rings. The van der Waals surface area contributed by atoms with Crippen molar-refractivity contribution in [2.24, 2.45) is 0 Å². The first-order chi connectivity index (χ1) is 9.83. The number of nitrogens with one attached hydrogen (secondary N) is 1. The maximum Gasteiger partial charge on any atom is 0.263 e. The Labute approximate surface area is 126 Å². The molecule has 0 radical (unpaired) electrons. The first-order valence-electron chi connectivity index (χ1n) is 5.82. The molecule has 0 fully saturated rings. The molecule has 0 aromatic heterocycles. The van der Waals surface area contributed by atoms with Crippen LogP contribution in [-0.4, -0.2) is 8.42 Å². The van der Waals surface area contributed by atoms with E-state index in [1.165, 1.54) is 12.1 Å². The van der Waals surface area contributed by atoms with E-state index in [1.54, 1.807) is 19.1 Å². The maximum atomic E-state index is 13.2. The fraction of sp³-hybridized carbons (Fsp3) is 0.0714. The van der Waals surface area contributed by atoms with E-state index < -0.39 is 15.8 Å². The highest BCUT2D eigenvalue weighted by Gasteiger charge is 2.20. The van der Waals surface area contributed by atoms with Gasteiger partial charge in [0, 0.05) is 0 Å². The quantitative estimate of drug-likeness (QED) is 0.940. The van der Waals surface area contributed by atoms with Gasteiger partial charge < -0.3 is 0 Å². The van der Waals surface area contributed by atoms with Gasteiger partial charge in [-0.25, -0.2) is 12.8 Å². The van der Waals surface area contributed by atoms with E-state index in [0.717, 1.165) is 12.1 Å². The Balaban J connectivity index is 2.47. The molecule has 0 spiro atoms. The summed E-state index contributed by atoms with van der Waals surface area (Å²) in [4.78, 5) is -0.356. The summed E-state index contributed by atoms with van der Waals surface area (Å²) in [7, 11) is -4.05. The first kappa shape index (κ1) is 15.3. The smallest absolute Gasteiger partial charge is 0.263 e. The van der Waals surface area contributed by atoms with Crippen LogP contribution in [0.25, 0.3) is 0 Å². The van der Waals surface area contributed by atoms with Crippen molar-refractivity contribution < 1.29 is 12.8 Å². The minimum atomic E-state index is -4.05. The standard InChI is InChI=1S/C14H10ClFN2O2S/c1-9-2-3-10(8-17)6-13(9)18-21(19,20)14-7-11(16)4-5-12(14)15/h2-7,18H,1H3. The summed E-state index contributed by atoms with van der Waals surface area (Å²) in [6.45, 7) is 1.69. The van der Waals surface area contributed by atoms with Gasteiger partial charge >= 0.3 is 0 Å². The zero-order chi connectivity index (χ0) is 15.6. The number of nitriles is 1. The van der Waals surface area contributed by atoms with Crippen LogP contribution >= 0.6 is 11.6 Å². The second kappa shape index (κ2) is 5.72. The summed E-state index contributed by atoms with van der Waals surface area (Å²) in [5, 5.41) is 8.77. The zero-order valence-corrected chi connectivity index (χ0v) is 12.5. The van der Waals surface area contributed by atoms with Gasteiger partial charge in [-0.05, 0) is 42.8 Å². The second-order valence-electron chi connectivity index (χ2n) is 4.32. The lowest BCUT2D eigenvalue weighted by Crippen LogP contribution is -2.14. The highest BCUT2D eigenvalue weighted by atomic mass is 35.5. The molecule has 0 bridgehead atoms. The number of hydrogen-bond acceptors (Lipinski definition) is 3. The summed E-state index contributed by atoms with van der Waals surface area (Å²) in [5.41, 5.74) is 1.18. The molecule has 0 saturated heterocycles. The second-order valence-corrected chi connectivity index (χ2v) is 6.38. The van der Waals surface area contributed by atoms with E-state index in [9.17, 15) is 12.8 Å². The average Bonchev–Trinajstić information content (AvgIpc) is 2.43. The number of aryl methyl sites for hydroxylation is 1. The van der Waals surface area contributed by atoms with Crippen LogP contribution in [0.5, 0.6) is 0 Å². The van der Waals surface area contributed by atoms with Gasteiger partial charge in [0.25, 0.3) is 10.0 Å². The summed E-state index contributed by atoms with van der Waals surface area (Å²) in [6, 6.07) is 9.59. The number of halogens is 2. The van der Waals surface area contributed by atoms with Crippen molar-refractivity contribution in [2.75, 3.05) is 4.72 Å². The number of hydrogen-bond donors (Lipinski definition) is 1. The number of anilines is 1. The van der Waals surface area contributed by atoms with Crippen molar-refractivity contribution in [1.29, 1.82) is 5.26 Å². The monoisotopic (exact) mass is 324 g/mol. The summed E-state index contributed by atoms with van der Waals surface area (Å²) >= 11 is 5.81. The van der Waals surface area contributed by atoms with Crippen molar-refractivity contribution in [1.82, 2.24) is 0 Å². The van der Waals surface area contributed by atoms with E-state index in [2.05, 4.69) is 4.72 Å². The molecule has 4 nitrogen and oxygen atoms in total. The molecule has 108 valence electrons. The summed E-state index contributed by atoms with van der Waals surface area (Å²) in [6.07, 6.45) is 0. The molecule has 21 heavy (non-hydrogen) atoms. The molecule has 0 saturated carbocycles. The molecule has 2 aromatic rings. The molecule has 2 rings (SSSR count). The Kier molecular flexibility index (Phi) is 4.16. The van der Waals surface area contributed by atoms with Crippen molar-refractivity contribution in [3.05, 3.63) is 58.4 Å². The van der Waals surface area contributed by atoms with Crippen LogP contribution in [0, 0.1) is 24.1 Å². The molecule has 0 aliphatic carbocycles. The van der Waals surface area contributed by atoms with Crippen molar-refractivity contribution >= 4 is 27.3 Å². The molecular weight excluding hydrogens is 315 g/mol. The Morgan fingerprint density at radius 3 is 2.62 bits per heavy atom. The molecule has 0 atom stereocenters. The van der Waals surface area contributed by atoms with Gasteiger partial charge in [-0.1, -0.05) is 17.7 Å². The van der Waals surface area contributed by atoms with Gasteiger partial charge in [-0.15, -0.1) is 0 Å². The minimum absolute atomic E-state index is 0.0852. The van der Waals surface area contributed by atoms with Crippen molar-refractivity contribution in [2.45, 2.75) is 11.8 Å². The maximum absolute atomic E-state index is 13.2. The van der Waals surface area contributed by atoms with E-state index in [-0.39, 0.29) is 15.6 Å². The van der Waals surface area contributed by atoms with Crippen LogP contribution in [0.3, 0.4) is 0 Å². The highest BCUT2D eigenvalue weighted by molar-refractivity contribution is 7.92. The van der Waals surface area contributed by atoms with Crippen LogP contribution in [-0.2, 0) is 10.0 Å². The van der Waals surface area contributed by atoms with Gasteiger partial charge in [0.05, 0.1) is 22.3 Å². The molecule has 2 aromatic carbocycles. The van der Waals surface area contributed by atoms with Crippen molar-refractivity contribution in [3.8, 4) is 6.07 Å². The van der Waals surface area contributed by atoms with Gasteiger partial charge in [0.1, 0.15) is 10.7 Å². The predicted molar refractivity (Wildman–Crippen MR) is 78.1 cm³/mol. The van der Waals surface area contributed by atoms with Gasteiger partial charge in [0.2, 0.25) is 0 Å². The molecule has 0 heterocycles. The molecular formula is C14H10ClFN2O2S. The largest absolute Gasteiger partial charge is 0.279 e. The van der Waals surface area contributed by atoms with Crippen LogP contribution in [0.15, 0.2) is 41.3 Å². The predicted octanol–water partition coefficient (Wildman–Crippen LogP) is 3.46. The number of benzene rings is 2.